The summed E-state index contributed by atoms with van der Waals surface area (Å²) in [5.41, 5.74) is 1.04. The Morgan fingerprint density at radius 3 is 2.77 bits per heavy atom. The molecule has 0 aliphatic carbocycles. The van der Waals surface area contributed by atoms with Gasteiger partial charge in [-0.1, -0.05) is 6.07 Å². The average molecular weight is 336 g/mol. The molecule has 1 saturated heterocycles. The van der Waals surface area contributed by atoms with Gasteiger partial charge in [-0.05, 0) is 35.4 Å². The maximum Gasteiger partial charge on any atom is 0.261 e. The molecule has 0 bridgehead atoms. The first kappa shape index (κ1) is 15.7. The summed E-state index contributed by atoms with van der Waals surface area (Å²) in [4.78, 5) is 16.9. The van der Waals surface area contributed by atoms with Crippen molar-refractivity contribution in [3.8, 4) is 0 Å². The molecule has 0 aromatic carbocycles. The lowest BCUT2D eigenvalue weighted by molar-refractivity contribution is 0.0169. The quantitative estimate of drug-likeness (QED) is 0.913. The van der Waals surface area contributed by atoms with Crippen LogP contribution in [0.4, 0.5) is 0 Å². The topological polar surface area (TPSA) is 41.6 Å². The lowest BCUT2D eigenvalue weighted by Crippen LogP contribution is -2.43. The smallest absolute Gasteiger partial charge is 0.261 e. The number of rotatable bonds is 5. The molecule has 0 radical (unpaired) electrons. The highest BCUT2D eigenvalue weighted by atomic mass is 32.1. The maximum absolute atomic E-state index is 12.3. The third-order valence-corrected chi connectivity index (χ3v) is 5.87. The average Bonchev–Trinajstić information content (AvgIpc) is 3.20. The van der Waals surface area contributed by atoms with Crippen molar-refractivity contribution in [3.63, 3.8) is 0 Å². The molecule has 118 valence electrons. The highest BCUT2D eigenvalue weighted by Gasteiger charge is 2.24. The van der Waals surface area contributed by atoms with E-state index in [-0.39, 0.29) is 11.9 Å². The summed E-state index contributed by atoms with van der Waals surface area (Å²) in [6.45, 7) is 5.97. The molecule has 2 aromatic rings. The summed E-state index contributed by atoms with van der Waals surface area (Å²) in [5.74, 6) is 0.0299. The predicted octanol–water partition coefficient (Wildman–Crippen LogP) is 2.92. The van der Waals surface area contributed by atoms with Gasteiger partial charge in [0.1, 0.15) is 0 Å². The van der Waals surface area contributed by atoms with Gasteiger partial charge in [-0.15, -0.1) is 22.7 Å². The van der Waals surface area contributed by atoms with E-state index in [2.05, 4.69) is 27.7 Å². The standard InChI is InChI=1S/C16H20N2O2S2/c1-12-4-10-22-15(12)16(19)17-11-13(14-3-2-9-21-14)18-5-7-20-8-6-18/h2-4,9-10,13H,5-8,11H2,1H3,(H,17,19)/t13-/m1/s1. The summed E-state index contributed by atoms with van der Waals surface area (Å²) in [7, 11) is 0. The van der Waals surface area contributed by atoms with E-state index in [0.29, 0.717) is 6.54 Å². The molecule has 1 atom stereocenters. The minimum absolute atomic E-state index is 0.0299. The zero-order valence-electron chi connectivity index (χ0n) is 12.6. The second kappa shape index (κ2) is 7.37. The van der Waals surface area contributed by atoms with Crippen molar-refractivity contribution < 1.29 is 9.53 Å². The molecule has 0 saturated carbocycles. The van der Waals surface area contributed by atoms with Gasteiger partial charge >= 0.3 is 0 Å². The summed E-state index contributed by atoms with van der Waals surface area (Å²) < 4.78 is 5.44. The van der Waals surface area contributed by atoms with Crippen LogP contribution in [-0.4, -0.2) is 43.7 Å². The number of aryl methyl sites for hydroxylation is 1. The summed E-state index contributed by atoms with van der Waals surface area (Å²) in [6, 6.07) is 6.43. The van der Waals surface area contributed by atoms with Crippen molar-refractivity contribution in [2.24, 2.45) is 0 Å². The van der Waals surface area contributed by atoms with Gasteiger partial charge in [0.2, 0.25) is 0 Å². The third-order valence-electron chi connectivity index (χ3n) is 3.88. The molecule has 1 amide bonds. The monoisotopic (exact) mass is 336 g/mol. The molecule has 4 nitrogen and oxygen atoms in total. The van der Waals surface area contributed by atoms with Crippen LogP contribution in [0.5, 0.6) is 0 Å². The van der Waals surface area contributed by atoms with Gasteiger partial charge in [0.15, 0.2) is 0 Å². The fraction of sp³-hybridized carbons (Fsp3) is 0.438. The van der Waals surface area contributed by atoms with Crippen molar-refractivity contribution in [3.05, 3.63) is 44.3 Å². The van der Waals surface area contributed by atoms with E-state index in [0.717, 1.165) is 36.7 Å². The maximum atomic E-state index is 12.3. The molecule has 1 aliphatic rings. The van der Waals surface area contributed by atoms with Gasteiger partial charge in [-0.25, -0.2) is 0 Å². The van der Waals surface area contributed by atoms with Crippen LogP contribution < -0.4 is 5.32 Å². The van der Waals surface area contributed by atoms with Crippen LogP contribution >= 0.6 is 22.7 Å². The van der Waals surface area contributed by atoms with Gasteiger partial charge in [0, 0.05) is 24.5 Å². The van der Waals surface area contributed by atoms with Crippen molar-refractivity contribution in [2.45, 2.75) is 13.0 Å². The first-order valence-electron chi connectivity index (χ1n) is 7.43. The number of nitrogens with zero attached hydrogens (tertiary/aromatic N) is 1. The van der Waals surface area contributed by atoms with E-state index in [4.69, 9.17) is 4.74 Å². The molecular formula is C16H20N2O2S2. The fourth-order valence-electron chi connectivity index (χ4n) is 2.65. The molecule has 0 spiro atoms. The van der Waals surface area contributed by atoms with Gasteiger partial charge in [-0.3, -0.25) is 9.69 Å². The van der Waals surface area contributed by atoms with Gasteiger partial charge in [0.25, 0.3) is 5.91 Å². The molecule has 3 heterocycles. The number of hydrogen-bond acceptors (Lipinski definition) is 5. The second-order valence-corrected chi connectivity index (χ2v) is 7.22. The van der Waals surface area contributed by atoms with Crippen molar-refractivity contribution in [1.82, 2.24) is 10.2 Å². The number of nitrogens with one attached hydrogen (secondary N) is 1. The van der Waals surface area contributed by atoms with Gasteiger partial charge in [0.05, 0.1) is 24.1 Å². The number of hydrogen-bond donors (Lipinski definition) is 1. The summed E-state index contributed by atoms with van der Waals surface area (Å²) in [6.07, 6.45) is 0. The van der Waals surface area contributed by atoms with E-state index in [1.165, 1.54) is 16.2 Å². The number of thiophene rings is 2. The normalized spacial score (nSPS) is 17.3. The molecule has 1 fully saturated rings. The Morgan fingerprint density at radius 2 is 2.14 bits per heavy atom. The minimum Gasteiger partial charge on any atom is -0.379 e. The first-order chi connectivity index (χ1) is 10.8. The minimum atomic E-state index is 0.0299. The number of amides is 1. The summed E-state index contributed by atoms with van der Waals surface area (Å²) in [5, 5.41) is 7.16. The van der Waals surface area contributed by atoms with Crippen LogP contribution in [0.2, 0.25) is 0 Å². The SMILES string of the molecule is Cc1ccsc1C(=O)NC[C@H](c1cccs1)N1CCOCC1. The Labute approximate surface area is 138 Å². The molecule has 3 rings (SSSR count). The van der Waals surface area contributed by atoms with Gasteiger partial charge < -0.3 is 10.1 Å². The van der Waals surface area contributed by atoms with Crippen molar-refractivity contribution in [2.75, 3.05) is 32.8 Å². The van der Waals surface area contributed by atoms with Crippen LogP contribution in [0.3, 0.4) is 0 Å². The Hall–Kier alpha value is -1.21. The molecule has 1 N–H and O–H groups in total. The van der Waals surface area contributed by atoms with Crippen LogP contribution in [0, 0.1) is 6.92 Å². The fourth-order valence-corrected chi connectivity index (χ4v) is 4.36. The molecule has 2 aromatic heterocycles. The predicted molar refractivity (Wildman–Crippen MR) is 90.8 cm³/mol. The highest BCUT2D eigenvalue weighted by molar-refractivity contribution is 7.12. The van der Waals surface area contributed by atoms with E-state index in [1.807, 2.05) is 18.4 Å². The zero-order chi connectivity index (χ0) is 15.4. The lowest BCUT2D eigenvalue weighted by Gasteiger charge is -2.34. The van der Waals surface area contributed by atoms with Crippen LogP contribution in [-0.2, 0) is 4.74 Å². The largest absolute Gasteiger partial charge is 0.379 e. The molecule has 1 aliphatic heterocycles. The molecule has 6 heteroatoms. The van der Waals surface area contributed by atoms with E-state index < -0.39 is 0 Å². The van der Waals surface area contributed by atoms with Crippen LogP contribution in [0.25, 0.3) is 0 Å². The number of carbonyl (C=O) groups is 1. The van der Waals surface area contributed by atoms with E-state index >= 15 is 0 Å². The lowest BCUT2D eigenvalue weighted by atomic mass is 10.2. The number of ether oxygens (including phenoxy) is 1. The van der Waals surface area contributed by atoms with Crippen molar-refractivity contribution in [1.29, 1.82) is 0 Å². The van der Waals surface area contributed by atoms with Crippen LogP contribution in [0.15, 0.2) is 29.0 Å². The first-order valence-corrected chi connectivity index (χ1v) is 9.19. The Balaban J connectivity index is 1.68. The third kappa shape index (κ3) is 3.57. The molecule has 22 heavy (non-hydrogen) atoms. The van der Waals surface area contributed by atoms with Crippen molar-refractivity contribution >= 4 is 28.6 Å². The zero-order valence-corrected chi connectivity index (χ0v) is 14.2. The van der Waals surface area contributed by atoms with Crippen LogP contribution in [0.1, 0.15) is 26.2 Å². The Kier molecular flexibility index (Phi) is 5.25. The summed E-state index contributed by atoms with van der Waals surface area (Å²) >= 11 is 3.25. The van der Waals surface area contributed by atoms with Gasteiger partial charge in [-0.2, -0.15) is 0 Å². The molecule has 0 unspecified atom stereocenters. The van der Waals surface area contributed by atoms with E-state index in [9.17, 15) is 4.79 Å². The Morgan fingerprint density at radius 1 is 1.32 bits per heavy atom. The number of carbonyl (C=O) groups excluding carboxylic acids is 1. The second-order valence-electron chi connectivity index (χ2n) is 5.32. The van der Waals surface area contributed by atoms with E-state index in [1.54, 1.807) is 11.3 Å². The molecular weight excluding hydrogens is 316 g/mol. The number of morpholine rings is 1. The Bertz CT molecular complexity index is 603. The highest BCUT2D eigenvalue weighted by Crippen LogP contribution is 2.25.